The summed E-state index contributed by atoms with van der Waals surface area (Å²) in [5.41, 5.74) is -2.04. The van der Waals surface area contributed by atoms with Crippen LogP contribution in [0.5, 0.6) is 0 Å². The Labute approximate surface area is 279 Å². The zero-order valence-electron chi connectivity index (χ0n) is 24.9. The van der Waals surface area contributed by atoms with Gasteiger partial charge in [0.15, 0.2) is 0 Å². The van der Waals surface area contributed by atoms with Crippen molar-refractivity contribution in [2.75, 3.05) is 18.7 Å². The van der Waals surface area contributed by atoms with Gasteiger partial charge in [0.25, 0.3) is 0 Å². The number of alkyl halides is 2. The molecule has 1 saturated carbocycles. The first-order valence-corrected chi connectivity index (χ1v) is 16.2. The number of nitrogens with zero attached hydrogens (tertiary/aromatic N) is 1. The summed E-state index contributed by atoms with van der Waals surface area (Å²) in [4.78, 5) is 31.5. The second-order valence-electron chi connectivity index (χ2n) is 13.2. The Bertz CT molecular complexity index is 1900. The normalized spacial score (nSPS) is 28.4. The molecule has 0 aromatic heterocycles. The van der Waals surface area contributed by atoms with Gasteiger partial charge in [0, 0.05) is 27.6 Å². The van der Waals surface area contributed by atoms with Crippen LogP contribution in [0.2, 0.25) is 10.0 Å². The quantitative estimate of drug-likeness (QED) is 0.216. The number of ether oxygens (including phenoxy) is 1. The number of benzene rings is 4. The van der Waals surface area contributed by atoms with Crippen LogP contribution >= 0.6 is 23.2 Å². The van der Waals surface area contributed by atoms with Gasteiger partial charge < -0.3 is 10.1 Å². The number of esters is 1. The van der Waals surface area contributed by atoms with Gasteiger partial charge in [-0.2, -0.15) is 0 Å². The maximum Gasteiger partial charge on any atom is 0.324 e. The van der Waals surface area contributed by atoms with Crippen LogP contribution in [0.25, 0.3) is 0 Å². The fourth-order valence-corrected chi connectivity index (χ4v) is 9.60. The molecule has 240 valence electrons. The van der Waals surface area contributed by atoms with Crippen LogP contribution in [0.4, 0.5) is 18.9 Å². The van der Waals surface area contributed by atoms with E-state index in [1.165, 1.54) is 12.1 Å². The van der Waals surface area contributed by atoms with Crippen LogP contribution in [-0.2, 0) is 19.7 Å². The lowest BCUT2D eigenvalue weighted by Crippen LogP contribution is -2.72. The molecule has 1 aliphatic carbocycles. The summed E-state index contributed by atoms with van der Waals surface area (Å²) in [5.74, 6) is -3.13. The van der Waals surface area contributed by atoms with E-state index in [4.69, 9.17) is 27.9 Å². The molecule has 47 heavy (non-hydrogen) atoms. The minimum absolute atomic E-state index is 0.0437. The molecular weight excluding hydrogens is 648 g/mol. The maximum atomic E-state index is 16.4. The molecule has 4 aromatic rings. The van der Waals surface area contributed by atoms with Gasteiger partial charge in [0.2, 0.25) is 5.91 Å². The lowest BCUT2D eigenvalue weighted by Gasteiger charge is -2.64. The maximum absolute atomic E-state index is 16.4. The van der Waals surface area contributed by atoms with Crippen molar-refractivity contribution < 1.29 is 27.5 Å². The summed E-state index contributed by atoms with van der Waals surface area (Å²) in [7, 11) is 0. The number of carbonyl (C=O) groups excluding carboxylic acids is 2. The van der Waals surface area contributed by atoms with E-state index in [1.807, 2.05) is 65.6 Å². The molecule has 10 heteroatoms. The van der Waals surface area contributed by atoms with Gasteiger partial charge in [-0.3, -0.25) is 23.3 Å². The second-order valence-corrected chi connectivity index (χ2v) is 14.0. The average molecular weight is 678 g/mol. The number of anilines is 1. The summed E-state index contributed by atoms with van der Waals surface area (Å²) in [6, 6.07) is 26.2. The van der Waals surface area contributed by atoms with E-state index in [0.717, 1.165) is 5.56 Å². The summed E-state index contributed by atoms with van der Waals surface area (Å²) < 4.78 is 52.5. The molecule has 2 saturated heterocycles. The third kappa shape index (κ3) is 4.01. The number of hydrogen-bond acceptors (Lipinski definition) is 4. The first-order valence-electron chi connectivity index (χ1n) is 15.5. The van der Waals surface area contributed by atoms with Crippen LogP contribution in [0.15, 0.2) is 97.1 Å². The Morgan fingerprint density at radius 1 is 0.830 bits per heavy atom. The topological polar surface area (TPSA) is 58.6 Å². The summed E-state index contributed by atoms with van der Waals surface area (Å²) >= 11 is 12.8. The number of amides is 1. The van der Waals surface area contributed by atoms with Crippen molar-refractivity contribution in [3.63, 3.8) is 0 Å². The number of fused-ring (bicyclic) bond motifs is 5. The van der Waals surface area contributed by atoms with Crippen molar-refractivity contribution in [2.45, 2.75) is 47.9 Å². The zero-order chi connectivity index (χ0) is 32.7. The molecule has 4 aliphatic rings. The van der Waals surface area contributed by atoms with Crippen LogP contribution in [0, 0.1) is 11.2 Å². The number of halogens is 5. The highest BCUT2D eigenvalue weighted by atomic mass is 35.5. The molecule has 0 bridgehead atoms. The molecule has 1 amide bonds. The Kier molecular flexibility index (Phi) is 7.03. The molecule has 1 unspecified atom stereocenters. The standard InChI is InChI=1S/C37H29Cl2F3N2O3/c38-23-14-15-25-27(16-23)43-34(46)37(25)28(24-12-7-13-26(39)29(24)42)31-33(45)47-32(22-10-5-2-6-11-22)30(21-8-3-1-4-9-21)44(31)36(37)17-35(18-36,19-40)20-41/h1-16,28,30-32H,17-20H2,(H,43,46)/t28-,30+,31?,32-,37-/m0/s1. The van der Waals surface area contributed by atoms with Crippen molar-refractivity contribution in [3.8, 4) is 0 Å². The third-order valence-corrected chi connectivity index (χ3v) is 11.4. The van der Waals surface area contributed by atoms with E-state index in [0.29, 0.717) is 21.8 Å². The Balaban J connectivity index is 1.49. The largest absolute Gasteiger partial charge is 0.454 e. The second kappa shape index (κ2) is 10.8. The molecular formula is C37H29Cl2F3N2O3. The molecule has 1 N–H and O–H groups in total. The Morgan fingerprint density at radius 2 is 1.49 bits per heavy atom. The molecule has 0 radical (unpaired) electrons. The molecule has 3 aliphatic heterocycles. The number of nitrogens with one attached hydrogen (secondary N) is 1. The summed E-state index contributed by atoms with van der Waals surface area (Å²) in [6.07, 6.45) is -1.05. The van der Waals surface area contributed by atoms with Crippen molar-refractivity contribution in [3.05, 3.63) is 135 Å². The molecule has 3 heterocycles. The van der Waals surface area contributed by atoms with E-state index in [1.54, 1.807) is 24.3 Å². The molecule has 8 rings (SSSR count). The number of cyclic esters (lactones) is 1. The zero-order valence-corrected chi connectivity index (χ0v) is 26.4. The van der Waals surface area contributed by atoms with Crippen LogP contribution < -0.4 is 5.32 Å². The van der Waals surface area contributed by atoms with Crippen molar-refractivity contribution in [2.24, 2.45) is 5.41 Å². The van der Waals surface area contributed by atoms with Crippen molar-refractivity contribution in [1.29, 1.82) is 0 Å². The highest BCUT2D eigenvalue weighted by Gasteiger charge is 2.83. The lowest BCUT2D eigenvalue weighted by atomic mass is 9.45. The first kappa shape index (κ1) is 30.5. The van der Waals surface area contributed by atoms with Gasteiger partial charge in [0.05, 0.1) is 24.4 Å². The third-order valence-electron chi connectivity index (χ3n) is 10.9. The van der Waals surface area contributed by atoms with Crippen LogP contribution in [0.3, 0.4) is 0 Å². The van der Waals surface area contributed by atoms with Crippen molar-refractivity contribution in [1.82, 2.24) is 4.90 Å². The number of hydrogen-bond donors (Lipinski definition) is 1. The molecule has 2 spiro atoms. The predicted molar refractivity (Wildman–Crippen MR) is 172 cm³/mol. The fraction of sp³-hybridized carbons (Fsp3) is 0.297. The molecule has 5 nitrogen and oxygen atoms in total. The highest BCUT2D eigenvalue weighted by molar-refractivity contribution is 6.31. The predicted octanol–water partition coefficient (Wildman–Crippen LogP) is 8.29. The van der Waals surface area contributed by atoms with E-state index in [-0.39, 0.29) is 23.4 Å². The van der Waals surface area contributed by atoms with Gasteiger partial charge in [-0.05, 0) is 53.3 Å². The fourth-order valence-electron chi connectivity index (χ4n) is 9.25. The minimum atomic E-state index is -1.69. The monoisotopic (exact) mass is 676 g/mol. The molecule has 3 fully saturated rings. The Morgan fingerprint density at radius 3 is 2.15 bits per heavy atom. The number of morpholine rings is 1. The van der Waals surface area contributed by atoms with Gasteiger partial charge in [0.1, 0.15) is 23.4 Å². The minimum Gasteiger partial charge on any atom is -0.454 e. The number of rotatable bonds is 5. The number of carbonyl (C=O) groups is 2. The SMILES string of the molecule is O=C1O[C@@H](c2ccccc2)[C@@H](c2ccccc2)N2C1[C@H](c1cccc(Cl)c1F)[C@@]1(C(=O)Nc3cc(Cl)ccc31)C21CC(CF)(CF)C1. The average Bonchev–Trinajstić information content (AvgIpc) is 3.51. The Hall–Kier alpha value is -3.85. The van der Waals surface area contributed by atoms with E-state index in [9.17, 15) is 18.4 Å². The van der Waals surface area contributed by atoms with Crippen LogP contribution in [0.1, 0.15) is 53.2 Å². The van der Waals surface area contributed by atoms with Gasteiger partial charge in [-0.15, -0.1) is 0 Å². The molecule has 5 atom stereocenters. The van der Waals surface area contributed by atoms with E-state index in [2.05, 4.69) is 5.32 Å². The van der Waals surface area contributed by atoms with Gasteiger partial charge >= 0.3 is 5.97 Å². The highest BCUT2D eigenvalue weighted by Crippen LogP contribution is 2.75. The van der Waals surface area contributed by atoms with E-state index >= 15 is 4.39 Å². The first-order chi connectivity index (χ1) is 22.7. The lowest BCUT2D eigenvalue weighted by molar-refractivity contribution is -0.200. The van der Waals surface area contributed by atoms with Gasteiger partial charge in [-0.1, -0.05) is 102 Å². The van der Waals surface area contributed by atoms with Gasteiger partial charge in [-0.25, -0.2) is 4.39 Å². The van der Waals surface area contributed by atoms with Crippen molar-refractivity contribution >= 4 is 40.8 Å². The summed E-state index contributed by atoms with van der Waals surface area (Å²) in [5, 5.41) is 3.15. The van der Waals surface area contributed by atoms with Crippen LogP contribution in [-0.4, -0.2) is 41.7 Å². The smallest absolute Gasteiger partial charge is 0.324 e. The van der Waals surface area contributed by atoms with E-state index < -0.39 is 71.5 Å². The molecule has 4 aromatic carbocycles. The summed E-state index contributed by atoms with van der Waals surface area (Å²) in [6.45, 7) is -1.93.